The monoisotopic (exact) mass is 242 g/mol. The molecule has 96 valence electrons. The molecule has 0 aliphatic rings. The maximum Gasteiger partial charge on any atom is 0.241 e. The second kappa shape index (κ2) is 5.29. The smallest absolute Gasteiger partial charge is 0.241 e. The van der Waals surface area contributed by atoms with Crippen LogP contribution in [0.5, 0.6) is 11.8 Å². The Morgan fingerprint density at radius 3 is 2.53 bits per heavy atom. The summed E-state index contributed by atoms with van der Waals surface area (Å²) in [5.41, 5.74) is -1.09. The maximum absolute atomic E-state index is 10.1. The number of aliphatic hydroxyl groups excluding tert-OH is 1. The highest BCUT2D eigenvalue weighted by Gasteiger charge is 2.33. The van der Waals surface area contributed by atoms with Gasteiger partial charge in [-0.15, -0.1) is 0 Å². The number of hydrogen-bond acceptors (Lipinski definition) is 6. The number of rotatable bonds is 5. The predicted octanol–water partition coefficient (Wildman–Crippen LogP) is 0.688. The minimum atomic E-state index is -1.28. The van der Waals surface area contributed by atoms with E-state index in [0.29, 0.717) is 6.42 Å². The SMILES string of the molecule is CCC(C)(O)C(O)c1ncc(OC)nc1OC. The number of hydrogen-bond donors (Lipinski definition) is 2. The molecule has 6 heteroatoms. The molecule has 0 aromatic carbocycles. The van der Waals surface area contributed by atoms with Crippen LogP contribution in [0.4, 0.5) is 0 Å². The van der Waals surface area contributed by atoms with E-state index in [4.69, 9.17) is 9.47 Å². The van der Waals surface area contributed by atoms with Gasteiger partial charge in [-0.3, -0.25) is 0 Å². The van der Waals surface area contributed by atoms with Crippen molar-refractivity contribution in [3.05, 3.63) is 11.9 Å². The fourth-order valence-corrected chi connectivity index (χ4v) is 1.29. The van der Waals surface area contributed by atoms with Crippen LogP contribution in [0.25, 0.3) is 0 Å². The summed E-state index contributed by atoms with van der Waals surface area (Å²) in [6, 6.07) is 0. The lowest BCUT2D eigenvalue weighted by Crippen LogP contribution is -2.32. The molecule has 0 bridgehead atoms. The molecule has 0 radical (unpaired) electrons. The lowest BCUT2D eigenvalue weighted by molar-refractivity contribution is -0.0689. The van der Waals surface area contributed by atoms with Crippen molar-refractivity contribution in [2.24, 2.45) is 0 Å². The van der Waals surface area contributed by atoms with Crippen molar-refractivity contribution in [2.45, 2.75) is 32.0 Å². The molecule has 1 aromatic heterocycles. The third kappa shape index (κ3) is 2.83. The Morgan fingerprint density at radius 2 is 2.06 bits per heavy atom. The highest BCUT2D eigenvalue weighted by atomic mass is 16.5. The van der Waals surface area contributed by atoms with Crippen molar-refractivity contribution in [3.8, 4) is 11.8 Å². The molecule has 0 aliphatic heterocycles. The fraction of sp³-hybridized carbons (Fsp3) is 0.636. The largest absolute Gasteiger partial charge is 0.480 e. The first kappa shape index (κ1) is 13.7. The first-order valence-electron chi connectivity index (χ1n) is 5.31. The summed E-state index contributed by atoms with van der Waals surface area (Å²) in [5.74, 6) is 0.430. The molecule has 0 saturated heterocycles. The zero-order valence-corrected chi connectivity index (χ0v) is 10.5. The molecule has 2 N–H and O–H groups in total. The standard InChI is InChI=1S/C11H18N2O4/c1-5-11(2,15)9(14)8-10(17-4)13-7(16-3)6-12-8/h6,9,14-15H,5H2,1-4H3. The van der Waals surface area contributed by atoms with Gasteiger partial charge in [0.2, 0.25) is 11.8 Å². The van der Waals surface area contributed by atoms with Crippen LogP contribution in [-0.4, -0.2) is 40.0 Å². The highest BCUT2D eigenvalue weighted by molar-refractivity contribution is 5.26. The van der Waals surface area contributed by atoms with Gasteiger partial charge in [0.15, 0.2) is 0 Å². The van der Waals surface area contributed by atoms with Crippen LogP contribution in [-0.2, 0) is 0 Å². The van der Waals surface area contributed by atoms with Gasteiger partial charge in [0.25, 0.3) is 0 Å². The second-order valence-corrected chi connectivity index (χ2v) is 3.92. The molecule has 1 aromatic rings. The average Bonchev–Trinajstić information content (AvgIpc) is 2.36. The summed E-state index contributed by atoms with van der Waals surface area (Å²) in [6.45, 7) is 3.30. The molecular formula is C11H18N2O4. The van der Waals surface area contributed by atoms with E-state index in [1.807, 2.05) is 0 Å². The van der Waals surface area contributed by atoms with Crippen molar-refractivity contribution >= 4 is 0 Å². The number of aromatic nitrogens is 2. The molecule has 2 atom stereocenters. The third-order valence-corrected chi connectivity index (χ3v) is 2.71. The summed E-state index contributed by atoms with van der Waals surface area (Å²) < 4.78 is 9.93. The van der Waals surface area contributed by atoms with E-state index in [9.17, 15) is 10.2 Å². The molecular weight excluding hydrogens is 224 g/mol. The van der Waals surface area contributed by atoms with E-state index in [1.54, 1.807) is 6.92 Å². The van der Waals surface area contributed by atoms with E-state index in [1.165, 1.54) is 27.3 Å². The quantitative estimate of drug-likeness (QED) is 0.790. The molecule has 0 aliphatic carbocycles. The van der Waals surface area contributed by atoms with Crippen LogP contribution in [0, 0.1) is 0 Å². The van der Waals surface area contributed by atoms with E-state index in [0.717, 1.165) is 0 Å². The predicted molar refractivity (Wildman–Crippen MR) is 61.0 cm³/mol. The van der Waals surface area contributed by atoms with Gasteiger partial charge in [0, 0.05) is 0 Å². The molecule has 6 nitrogen and oxygen atoms in total. The topological polar surface area (TPSA) is 84.7 Å². The molecule has 0 amide bonds. The number of nitrogens with zero attached hydrogens (tertiary/aromatic N) is 2. The molecule has 0 saturated carbocycles. The third-order valence-electron chi connectivity index (χ3n) is 2.71. The van der Waals surface area contributed by atoms with Gasteiger partial charge >= 0.3 is 0 Å². The van der Waals surface area contributed by atoms with Crippen molar-refractivity contribution in [2.75, 3.05) is 14.2 Å². The first-order chi connectivity index (χ1) is 7.96. The highest BCUT2D eigenvalue weighted by Crippen LogP contribution is 2.32. The van der Waals surface area contributed by atoms with Gasteiger partial charge in [0.1, 0.15) is 11.8 Å². The Balaban J connectivity index is 3.13. The van der Waals surface area contributed by atoms with Crippen molar-refractivity contribution in [3.63, 3.8) is 0 Å². The van der Waals surface area contributed by atoms with Crippen LogP contribution in [0.2, 0.25) is 0 Å². The summed E-state index contributed by atoms with van der Waals surface area (Å²) in [7, 11) is 2.88. The number of ether oxygens (including phenoxy) is 2. The van der Waals surface area contributed by atoms with E-state index in [-0.39, 0.29) is 17.5 Å². The first-order valence-corrected chi connectivity index (χ1v) is 5.31. The molecule has 1 rings (SSSR count). The number of methoxy groups -OCH3 is 2. The van der Waals surface area contributed by atoms with E-state index in [2.05, 4.69) is 9.97 Å². The molecule has 2 unspecified atom stereocenters. The van der Waals surface area contributed by atoms with E-state index < -0.39 is 11.7 Å². The Hall–Kier alpha value is -1.40. The number of aliphatic hydroxyl groups is 2. The van der Waals surface area contributed by atoms with Crippen LogP contribution in [0.3, 0.4) is 0 Å². The Kier molecular flexibility index (Phi) is 4.25. The molecule has 0 fully saturated rings. The second-order valence-electron chi connectivity index (χ2n) is 3.92. The zero-order valence-electron chi connectivity index (χ0n) is 10.5. The molecule has 1 heterocycles. The lowest BCUT2D eigenvalue weighted by Gasteiger charge is -2.27. The van der Waals surface area contributed by atoms with Crippen LogP contribution in [0.15, 0.2) is 6.20 Å². The van der Waals surface area contributed by atoms with Gasteiger partial charge in [-0.25, -0.2) is 4.98 Å². The normalized spacial score (nSPS) is 16.1. The van der Waals surface area contributed by atoms with Gasteiger partial charge < -0.3 is 19.7 Å². The van der Waals surface area contributed by atoms with Crippen molar-refractivity contribution < 1.29 is 19.7 Å². The van der Waals surface area contributed by atoms with Gasteiger partial charge in [-0.05, 0) is 13.3 Å². The Bertz CT molecular complexity index is 382. The lowest BCUT2D eigenvalue weighted by atomic mass is 9.94. The zero-order chi connectivity index (χ0) is 13.1. The molecule has 17 heavy (non-hydrogen) atoms. The summed E-state index contributed by atoms with van der Waals surface area (Å²) >= 11 is 0. The summed E-state index contributed by atoms with van der Waals surface area (Å²) in [5, 5.41) is 20.0. The summed E-state index contributed by atoms with van der Waals surface area (Å²) in [6.07, 6.45) is 0.582. The Morgan fingerprint density at radius 1 is 1.41 bits per heavy atom. The van der Waals surface area contributed by atoms with Crippen LogP contribution < -0.4 is 9.47 Å². The minimum absolute atomic E-state index is 0.144. The van der Waals surface area contributed by atoms with Crippen molar-refractivity contribution in [1.82, 2.24) is 9.97 Å². The average molecular weight is 242 g/mol. The van der Waals surface area contributed by atoms with Crippen molar-refractivity contribution in [1.29, 1.82) is 0 Å². The van der Waals surface area contributed by atoms with Gasteiger partial charge in [-0.2, -0.15) is 4.98 Å². The fourth-order valence-electron chi connectivity index (χ4n) is 1.29. The molecule has 0 spiro atoms. The van der Waals surface area contributed by atoms with Crippen LogP contribution >= 0.6 is 0 Å². The minimum Gasteiger partial charge on any atom is -0.480 e. The van der Waals surface area contributed by atoms with Crippen LogP contribution in [0.1, 0.15) is 32.1 Å². The van der Waals surface area contributed by atoms with Gasteiger partial charge in [0.05, 0.1) is 26.0 Å². The Labute approximate surface area is 100 Å². The maximum atomic E-state index is 10.1. The van der Waals surface area contributed by atoms with Gasteiger partial charge in [-0.1, -0.05) is 6.92 Å². The summed E-state index contributed by atoms with van der Waals surface area (Å²) in [4.78, 5) is 8.01. The van der Waals surface area contributed by atoms with E-state index >= 15 is 0 Å².